The zero-order chi connectivity index (χ0) is 12.3. The van der Waals surface area contributed by atoms with Gasteiger partial charge < -0.3 is 14.9 Å². The lowest BCUT2D eigenvalue weighted by atomic mass is 10.2. The Hall–Kier alpha value is -1.51. The third-order valence-corrected chi connectivity index (χ3v) is 3.59. The number of carbonyl (C=O) groups excluding carboxylic acids is 1. The second kappa shape index (κ2) is 5.21. The summed E-state index contributed by atoms with van der Waals surface area (Å²) in [5, 5.41) is 10.6. The summed E-state index contributed by atoms with van der Waals surface area (Å²) in [4.78, 5) is 16.3. The maximum absolute atomic E-state index is 11.7. The molecule has 2 rings (SSSR count). The Balaban J connectivity index is 2.09. The molecular formula is C12H14N2O2S. The average Bonchev–Trinajstić information content (AvgIpc) is 2.89. The van der Waals surface area contributed by atoms with E-state index in [0.717, 1.165) is 23.5 Å². The van der Waals surface area contributed by atoms with Crippen LogP contribution in [0.1, 0.15) is 10.4 Å². The highest BCUT2D eigenvalue weighted by atomic mass is 32.1. The number of urea groups is 1. The topological polar surface area (TPSA) is 43.8 Å². The van der Waals surface area contributed by atoms with E-state index in [1.165, 1.54) is 0 Å². The molecule has 17 heavy (non-hydrogen) atoms. The van der Waals surface area contributed by atoms with E-state index >= 15 is 0 Å². The van der Waals surface area contributed by atoms with Gasteiger partial charge in [0.15, 0.2) is 0 Å². The van der Waals surface area contributed by atoms with Crippen molar-refractivity contribution in [2.75, 3.05) is 26.7 Å². The Morgan fingerprint density at radius 1 is 1.53 bits per heavy atom. The monoisotopic (exact) mass is 250 g/mol. The molecule has 0 bridgehead atoms. The second-order valence-electron chi connectivity index (χ2n) is 3.84. The van der Waals surface area contributed by atoms with E-state index in [0.29, 0.717) is 6.54 Å². The zero-order valence-corrected chi connectivity index (χ0v) is 10.5. The van der Waals surface area contributed by atoms with Crippen molar-refractivity contribution < 1.29 is 9.90 Å². The molecule has 1 aliphatic heterocycles. The van der Waals surface area contributed by atoms with Crippen LogP contribution in [0.4, 0.5) is 4.79 Å². The van der Waals surface area contributed by atoms with Crippen LogP contribution in [0.5, 0.6) is 0 Å². The molecule has 2 heterocycles. The molecule has 5 heteroatoms. The summed E-state index contributed by atoms with van der Waals surface area (Å²) in [6.45, 7) is 2.01. The maximum atomic E-state index is 11.7. The molecular weight excluding hydrogens is 236 g/mol. The third kappa shape index (κ3) is 2.60. The minimum Gasteiger partial charge on any atom is -0.384 e. The smallest absolute Gasteiger partial charge is 0.320 e. The fourth-order valence-corrected chi connectivity index (χ4v) is 2.58. The molecule has 1 aliphatic rings. The summed E-state index contributed by atoms with van der Waals surface area (Å²) in [5.74, 6) is 5.54. The van der Waals surface area contributed by atoms with E-state index < -0.39 is 0 Å². The summed E-state index contributed by atoms with van der Waals surface area (Å²) in [7, 11) is 1.81. The van der Waals surface area contributed by atoms with Gasteiger partial charge >= 0.3 is 6.03 Å². The summed E-state index contributed by atoms with van der Waals surface area (Å²) >= 11 is 1.59. The number of hydrogen-bond donors (Lipinski definition) is 1. The predicted molar refractivity (Wildman–Crippen MR) is 66.7 cm³/mol. The van der Waals surface area contributed by atoms with Gasteiger partial charge in [-0.1, -0.05) is 11.8 Å². The molecule has 1 N–H and O–H groups in total. The van der Waals surface area contributed by atoms with Gasteiger partial charge in [-0.15, -0.1) is 11.3 Å². The Bertz CT molecular complexity index is 472. The summed E-state index contributed by atoms with van der Waals surface area (Å²) in [6, 6.07) is 1.99. The van der Waals surface area contributed by atoms with Gasteiger partial charge in [0.05, 0.1) is 6.54 Å². The molecule has 1 saturated heterocycles. The molecule has 1 aromatic heterocycles. The van der Waals surface area contributed by atoms with Crippen molar-refractivity contribution in [3.63, 3.8) is 0 Å². The van der Waals surface area contributed by atoms with Gasteiger partial charge in [-0.2, -0.15) is 0 Å². The van der Waals surface area contributed by atoms with Gasteiger partial charge in [0.25, 0.3) is 0 Å². The van der Waals surface area contributed by atoms with Crippen molar-refractivity contribution in [2.24, 2.45) is 0 Å². The molecule has 0 radical (unpaired) electrons. The van der Waals surface area contributed by atoms with Crippen LogP contribution in [0.15, 0.2) is 11.4 Å². The van der Waals surface area contributed by atoms with Crippen LogP contribution in [0.2, 0.25) is 0 Å². The normalized spacial score (nSPS) is 15.1. The van der Waals surface area contributed by atoms with Gasteiger partial charge in [0, 0.05) is 30.6 Å². The largest absolute Gasteiger partial charge is 0.384 e. The predicted octanol–water partition coefficient (Wildman–Crippen LogP) is 0.959. The number of rotatable bonds is 2. The number of hydrogen-bond acceptors (Lipinski definition) is 3. The molecule has 0 saturated carbocycles. The SMILES string of the molecule is CN1CCN(Cc2sccc2C#CCO)C1=O. The summed E-state index contributed by atoms with van der Waals surface area (Å²) in [6.07, 6.45) is 0. The highest BCUT2D eigenvalue weighted by Gasteiger charge is 2.25. The number of carbonyl (C=O) groups is 1. The molecule has 0 unspecified atom stereocenters. The number of amides is 2. The van der Waals surface area contributed by atoms with Gasteiger partial charge in [-0.25, -0.2) is 4.79 Å². The van der Waals surface area contributed by atoms with Crippen LogP contribution in [0, 0.1) is 11.8 Å². The number of nitrogens with zero attached hydrogens (tertiary/aromatic N) is 2. The Morgan fingerprint density at radius 3 is 3.00 bits per heavy atom. The van der Waals surface area contributed by atoms with E-state index in [1.54, 1.807) is 16.2 Å². The van der Waals surface area contributed by atoms with Crippen molar-refractivity contribution >= 4 is 17.4 Å². The van der Waals surface area contributed by atoms with Crippen molar-refractivity contribution in [1.82, 2.24) is 9.80 Å². The standard InChI is InChI=1S/C12H14N2O2S/c1-13-5-6-14(12(13)16)9-11-10(3-2-7-15)4-8-17-11/h4,8,15H,5-7,9H2,1H3. The first-order valence-electron chi connectivity index (χ1n) is 5.38. The van der Waals surface area contributed by atoms with Gasteiger partial charge in [-0.3, -0.25) is 0 Å². The van der Waals surface area contributed by atoms with Crippen molar-refractivity contribution in [3.05, 3.63) is 21.9 Å². The van der Waals surface area contributed by atoms with Crippen LogP contribution in [0.25, 0.3) is 0 Å². The minimum absolute atomic E-state index is 0.0690. The van der Waals surface area contributed by atoms with Crippen LogP contribution in [-0.4, -0.2) is 47.7 Å². The Labute approximate surface area is 104 Å². The van der Waals surface area contributed by atoms with Crippen LogP contribution < -0.4 is 0 Å². The highest BCUT2D eigenvalue weighted by molar-refractivity contribution is 7.10. The van der Waals surface area contributed by atoms with Crippen LogP contribution >= 0.6 is 11.3 Å². The number of thiophene rings is 1. The fraction of sp³-hybridized carbons (Fsp3) is 0.417. The molecule has 1 aromatic rings. The third-order valence-electron chi connectivity index (χ3n) is 2.68. The van der Waals surface area contributed by atoms with E-state index in [1.807, 2.05) is 23.4 Å². The molecule has 0 spiro atoms. The summed E-state index contributed by atoms with van der Waals surface area (Å²) < 4.78 is 0. The lowest BCUT2D eigenvalue weighted by Gasteiger charge is -2.15. The first-order chi connectivity index (χ1) is 8.22. The molecule has 0 atom stereocenters. The van der Waals surface area contributed by atoms with Crippen LogP contribution in [-0.2, 0) is 6.54 Å². The van der Waals surface area contributed by atoms with E-state index in [4.69, 9.17) is 5.11 Å². The van der Waals surface area contributed by atoms with E-state index in [9.17, 15) is 4.79 Å². The molecule has 90 valence electrons. The van der Waals surface area contributed by atoms with Gasteiger partial charge in [-0.05, 0) is 11.4 Å². The number of aliphatic hydroxyl groups excluding tert-OH is 1. The van der Waals surface area contributed by atoms with E-state index in [2.05, 4.69) is 11.8 Å². The number of likely N-dealkylation sites (N-methyl/N-ethyl adjacent to an activating group) is 1. The van der Waals surface area contributed by atoms with Crippen molar-refractivity contribution in [2.45, 2.75) is 6.54 Å². The number of aliphatic hydroxyl groups is 1. The van der Waals surface area contributed by atoms with Crippen LogP contribution in [0.3, 0.4) is 0 Å². The maximum Gasteiger partial charge on any atom is 0.320 e. The Kier molecular flexibility index (Phi) is 3.67. The molecule has 2 amide bonds. The zero-order valence-electron chi connectivity index (χ0n) is 9.64. The average molecular weight is 250 g/mol. The lowest BCUT2D eigenvalue weighted by Crippen LogP contribution is -2.28. The van der Waals surface area contributed by atoms with Crippen molar-refractivity contribution in [3.8, 4) is 11.8 Å². The van der Waals surface area contributed by atoms with E-state index in [-0.39, 0.29) is 12.6 Å². The second-order valence-corrected chi connectivity index (χ2v) is 4.84. The molecule has 0 aliphatic carbocycles. The van der Waals surface area contributed by atoms with Gasteiger partial charge in [0.2, 0.25) is 0 Å². The lowest BCUT2D eigenvalue weighted by molar-refractivity contribution is 0.197. The quantitative estimate of drug-likeness (QED) is 0.795. The minimum atomic E-state index is -0.138. The molecule has 4 nitrogen and oxygen atoms in total. The highest BCUT2D eigenvalue weighted by Crippen LogP contribution is 2.20. The first-order valence-corrected chi connectivity index (χ1v) is 6.26. The fourth-order valence-electron chi connectivity index (χ4n) is 1.73. The van der Waals surface area contributed by atoms with Gasteiger partial charge in [0.1, 0.15) is 6.61 Å². The molecule has 0 aromatic carbocycles. The van der Waals surface area contributed by atoms with Crippen molar-refractivity contribution in [1.29, 1.82) is 0 Å². The first kappa shape index (κ1) is 12.0. The summed E-state index contributed by atoms with van der Waals surface area (Å²) in [5.41, 5.74) is 0.909. The Morgan fingerprint density at radius 2 is 2.35 bits per heavy atom. The molecule has 1 fully saturated rings.